The zero-order valence-electron chi connectivity index (χ0n) is 15.0. The average molecular weight is 352 g/mol. The summed E-state index contributed by atoms with van der Waals surface area (Å²) in [6, 6.07) is 14.5. The molecular formula is C21H24N2O3. The molecule has 0 spiro atoms. The van der Waals surface area contributed by atoms with Crippen molar-refractivity contribution < 1.29 is 14.3 Å². The molecule has 0 radical (unpaired) electrons. The number of amides is 2. The van der Waals surface area contributed by atoms with Crippen molar-refractivity contribution in [2.45, 2.75) is 32.6 Å². The average Bonchev–Trinajstić information content (AvgIpc) is 3.09. The number of carbonyl (C=O) groups is 2. The zero-order valence-corrected chi connectivity index (χ0v) is 15.0. The molecule has 1 heterocycles. The van der Waals surface area contributed by atoms with Crippen molar-refractivity contribution in [1.82, 2.24) is 0 Å². The van der Waals surface area contributed by atoms with Crippen LogP contribution in [-0.2, 0) is 4.79 Å². The third-order valence-electron chi connectivity index (χ3n) is 4.39. The van der Waals surface area contributed by atoms with Crippen LogP contribution in [0.1, 0.15) is 43.0 Å². The van der Waals surface area contributed by atoms with Crippen LogP contribution in [0.2, 0.25) is 0 Å². The molecule has 1 saturated heterocycles. The molecule has 0 saturated carbocycles. The van der Waals surface area contributed by atoms with Crippen LogP contribution in [0.4, 0.5) is 11.4 Å². The monoisotopic (exact) mass is 352 g/mol. The Bertz CT molecular complexity index is 754. The molecule has 5 heteroatoms. The summed E-state index contributed by atoms with van der Waals surface area (Å²) < 4.78 is 5.61. The van der Waals surface area contributed by atoms with Crippen LogP contribution in [-0.4, -0.2) is 25.0 Å². The SMILES string of the molecule is CCCCOc1ccc(C(=O)Nc2ccc(N3CCCC3=O)cc2)cc1. The minimum absolute atomic E-state index is 0.156. The van der Waals surface area contributed by atoms with Gasteiger partial charge in [-0.15, -0.1) is 0 Å². The van der Waals surface area contributed by atoms with E-state index in [9.17, 15) is 9.59 Å². The van der Waals surface area contributed by atoms with Crippen molar-refractivity contribution in [3.63, 3.8) is 0 Å². The summed E-state index contributed by atoms with van der Waals surface area (Å²) in [5.74, 6) is 0.757. The number of nitrogens with zero attached hydrogens (tertiary/aromatic N) is 1. The Labute approximate surface area is 154 Å². The zero-order chi connectivity index (χ0) is 18.4. The lowest BCUT2D eigenvalue weighted by molar-refractivity contribution is -0.117. The largest absolute Gasteiger partial charge is 0.494 e. The van der Waals surface area contributed by atoms with E-state index in [0.717, 1.165) is 37.2 Å². The molecule has 0 bridgehead atoms. The smallest absolute Gasteiger partial charge is 0.255 e. The lowest BCUT2D eigenvalue weighted by Crippen LogP contribution is -2.23. The Morgan fingerprint density at radius 3 is 2.46 bits per heavy atom. The van der Waals surface area contributed by atoms with Gasteiger partial charge < -0.3 is 15.0 Å². The highest BCUT2D eigenvalue weighted by molar-refractivity contribution is 6.04. The van der Waals surface area contributed by atoms with Gasteiger partial charge in [0.15, 0.2) is 0 Å². The molecule has 1 aliphatic rings. The van der Waals surface area contributed by atoms with Crippen molar-refractivity contribution in [1.29, 1.82) is 0 Å². The van der Waals surface area contributed by atoms with Gasteiger partial charge in [-0.25, -0.2) is 0 Å². The highest BCUT2D eigenvalue weighted by Gasteiger charge is 2.21. The van der Waals surface area contributed by atoms with E-state index in [0.29, 0.717) is 24.3 Å². The number of carbonyl (C=O) groups excluding carboxylic acids is 2. The van der Waals surface area contributed by atoms with Gasteiger partial charge in [0.05, 0.1) is 6.61 Å². The number of benzene rings is 2. The van der Waals surface area contributed by atoms with Crippen LogP contribution in [0.3, 0.4) is 0 Å². The number of ether oxygens (including phenoxy) is 1. The van der Waals surface area contributed by atoms with Gasteiger partial charge in [-0.1, -0.05) is 13.3 Å². The van der Waals surface area contributed by atoms with Crippen molar-refractivity contribution in [2.24, 2.45) is 0 Å². The Kier molecular flexibility index (Phi) is 5.89. The van der Waals surface area contributed by atoms with Gasteiger partial charge in [0.2, 0.25) is 5.91 Å². The summed E-state index contributed by atoms with van der Waals surface area (Å²) in [7, 11) is 0. The van der Waals surface area contributed by atoms with Crippen molar-refractivity contribution in [3.05, 3.63) is 54.1 Å². The normalized spacial score (nSPS) is 13.7. The lowest BCUT2D eigenvalue weighted by atomic mass is 10.2. The quantitative estimate of drug-likeness (QED) is 0.758. The second-order valence-electron chi connectivity index (χ2n) is 6.38. The molecule has 2 aromatic carbocycles. The van der Waals surface area contributed by atoms with Crippen molar-refractivity contribution in [3.8, 4) is 5.75 Å². The van der Waals surface area contributed by atoms with E-state index in [1.807, 2.05) is 36.4 Å². The fourth-order valence-electron chi connectivity index (χ4n) is 2.89. The number of anilines is 2. The molecule has 3 rings (SSSR count). The third kappa shape index (κ3) is 4.42. The van der Waals surface area contributed by atoms with Gasteiger partial charge in [0, 0.05) is 29.9 Å². The van der Waals surface area contributed by atoms with Crippen molar-refractivity contribution in [2.75, 3.05) is 23.4 Å². The molecule has 26 heavy (non-hydrogen) atoms. The second kappa shape index (κ2) is 8.52. The lowest BCUT2D eigenvalue weighted by Gasteiger charge is -2.16. The first-order valence-corrected chi connectivity index (χ1v) is 9.12. The Hall–Kier alpha value is -2.82. The van der Waals surface area contributed by atoms with E-state index in [1.54, 1.807) is 17.0 Å². The molecule has 2 amide bonds. The minimum atomic E-state index is -0.171. The molecule has 1 aliphatic heterocycles. The standard InChI is InChI=1S/C21H24N2O3/c1-2-3-15-26-19-12-6-16(7-13-19)21(25)22-17-8-10-18(11-9-17)23-14-4-5-20(23)24/h6-13H,2-5,14-15H2,1H3,(H,22,25). The molecule has 136 valence electrons. The minimum Gasteiger partial charge on any atom is -0.494 e. The molecule has 5 nitrogen and oxygen atoms in total. The summed E-state index contributed by atoms with van der Waals surface area (Å²) in [6.45, 7) is 3.57. The molecule has 0 unspecified atom stereocenters. The number of hydrogen-bond donors (Lipinski definition) is 1. The van der Waals surface area contributed by atoms with E-state index in [4.69, 9.17) is 4.74 Å². The Balaban J connectivity index is 1.58. The van der Waals surface area contributed by atoms with Crippen LogP contribution in [0.25, 0.3) is 0 Å². The maximum Gasteiger partial charge on any atom is 0.255 e. The van der Waals surface area contributed by atoms with Gasteiger partial charge in [0.25, 0.3) is 5.91 Å². The number of hydrogen-bond acceptors (Lipinski definition) is 3. The van der Waals surface area contributed by atoms with Crippen LogP contribution < -0.4 is 15.0 Å². The molecule has 0 aliphatic carbocycles. The van der Waals surface area contributed by atoms with Crippen LogP contribution in [0, 0.1) is 0 Å². The predicted octanol–water partition coefficient (Wildman–Crippen LogP) is 4.24. The van der Waals surface area contributed by atoms with E-state index < -0.39 is 0 Å². The first kappa shape index (κ1) is 18.0. The number of unbranched alkanes of at least 4 members (excludes halogenated alkanes) is 1. The fraction of sp³-hybridized carbons (Fsp3) is 0.333. The highest BCUT2D eigenvalue weighted by Crippen LogP contribution is 2.23. The van der Waals surface area contributed by atoms with Gasteiger partial charge in [-0.2, -0.15) is 0 Å². The fourth-order valence-corrected chi connectivity index (χ4v) is 2.89. The maximum absolute atomic E-state index is 12.4. The maximum atomic E-state index is 12.4. The van der Waals surface area contributed by atoms with Gasteiger partial charge in [-0.05, 0) is 61.4 Å². The Morgan fingerprint density at radius 2 is 1.85 bits per heavy atom. The van der Waals surface area contributed by atoms with Gasteiger partial charge in [0.1, 0.15) is 5.75 Å². The summed E-state index contributed by atoms with van der Waals surface area (Å²) in [5, 5.41) is 2.88. The first-order valence-electron chi connectivity index (χ1n) is 9.12. The molecule has 0 aromatic heterocycles. The van der Waals surface area contributed by atoms with Crippen LogP contribution >= 0.6 is 0 Å². The van der Waals surface area contributed by atoms with Gasteiger partial charge in [-0.3, -0.25) is 9.59 Å². The number of nitrogens with one attached hydrogen (secondary N) is 1. The molecule has 2 aromatic rings. The summed E-state index contributed by atoms with van der Waals surface area (Å²) in [6.07, 6.45) is 3.61. The number of rotatable bonds is 7. The van der Waals surface area contributed by atoms with Crippen molar-refractivity contribution >= 4 is 23.2 Å². The predicted molar refractivity (Wildman–Crippen MR) is 103 cm³/mol. The highest BCUT2D eigenvalue weighted by atomic mass is 16.5. The van der Waals surface area contributed by atoms with E-state index >= 15 is 0 Å². The first-order chi connectivity index (χ1) is 12.7. The topological polar surface area (TPSA) is 58.6 Å². The Morgan fingerprint density at radius 1 is 1.12 bits per heavy atom. The molecule has 1 N–H and O–H groups in total. The summed E-state index contributed by atoms with van der Waals surface area (Å²) in [5.41, 5.74) is 2.15. The van der Waals surface area contributed by atoms with E-state index in [-0.39, 0.29) is 11.8 Å². The second-order valence-corrected chi connectivity index (χ2v) is 6.38. The van der Waals surface area contributed by atoms with E-state index in [1.165, 1.54) is 0 Å². The van der Waals surface area contributed by atoms with E-state index in [2.05, 4.69) is 12.2 Å². The van der Waals surface area contributed by atoms with Crippen LogP contribution in [0.15, 0.2) is 48.5 Å². The summed E-state index contributed by atoms with van der Waals surface area (Å²) >= 11 is 0. The summed E-state index contributed by atoms with van der Waals surface area (Å²) in [4.78, 5) is 25.9. The molecular weight excluding hydrogens is 328 g/mol. The molecule has 1 fully saturated rings. The molecule has 0 atom stereocenters. The third-order valence-corrected chi connectivity index (χ3v) is 4.39. The van der Waals surface area contributed by atoms with Gasteiger partial charge >= 0.3 is 0 Å². The van der Waals surface area contributed by atoms with Crippen LogP contribution in [0.5, 0.6) is 5.75 Å².